The van der Waals surface area contributed by atoms with E-state index in [-0.39, 0.29) is 13.0 Å². The number of alkyl halides is 2. The lowest BCUT2D eigenvalue weighted by molar-refractivity contribution is -0.109. The number of halogens is 3. The van der Waals surface area contributed by atoms with Crippen LogP contribution in [0, 0.1) is 0 Å². The molecule has 0 aromatic heterocycles. The first kappa shape index (κ1) is 11.6. The first-order valence-electron chi connectivity index (χ1n) is 4.37. The average molecular weight is 217 g/mol. The molecule has 0 unspecified atom stereocenters. The summed E-state index contributed by atoms with van der Waals surface area (Å²) in [6, 6.07) is 0. The second-order valence-corrected chi connectivity index (χ2v) is 2.97. The lowest BCUT2D eigenvalue weighted by atomic mass is 10.1. The van der Waals surface area contributed by atoms with Crippen LogP contribution in [0.15, 0.2) is 35.2 Å². The maximum Gasteiger partial charge on any atom is 0.266 e. The highest BCUT2D eigenvalue weighted by molar-refractivity contribution is 5.48. The molecule has 0 spiro atoms. The van der Waals surface area contributed by atoms with Gasteiger partial charge < -0.3 is 5.32 Å². The Morgan fingerprint density at radius 1 is 1.47 bits per heavy atom. The Morgan fingerprint density at radius 3 is 2.80 bits per heavy atom. The molecule has 1 aliphatic carbocycles. The van der Waals surface area contributed by atoms with Gasteiger partial charge in [-0.15, -0.1) is 0 Å². The summed E-state index contributed by atoms with van der Waals surface area (Å²) >= 11 is 0. The molecule has 0 saturated carbocycles. The van der Waals surface area contributed by atoms with Crippen LogP contribution < -0.4 is 5.32 Å². The Morgan fingerprint density at radius 2 is 2.20 bits per heavy atom. The topological polar surface area (TPSA) is 29.1 Å². The van der Waals surface area contributed by atoms with Crippen LogP contribution in [0.1, 0.15) is 6.42 Å². The smallest absolute Gasteiger partial charge is 0.266 e. The Hall–Kier alpha value is -1.52. The molecular weight excluding hydrogens is 207 g/mol. The fourth-order valence-electron chi connectivity index (χ4n) is 1.21. The normalized spacial score (nSPS) is 16.4. The van der Waals surface area contributed by atoms with Gasteiger partial charge in [-0.2, -0.15) is 0 Å². The van der Waals surface area contributed by atoms with Gasteiger partial charge in [0.1, 0.15) is 5.83 Å². The number of allylic oxidation sites excluding steroid dienone is 4. The van der Waals surface area contributed by atoms with Crippen LogP contribution in [-0.2, 0) is 4.79 Å². The van der Waals surface area contributed by atoms with E-state index in [1.54, 1.807) is 6.08 Å². The van der Waals surface area contributed by atoms with Crippen molar-refractivity contribution in [3.63, 3.8) is 0 Å². The van der Waals surface area contributed by atoms with Crippen molar-refractivity contribution in [3.8, 4) is 0 Å². The zero-order valence-electron chi connectivity index (χ0n) is 7.84. The van der Waals surface area contributed by atoms with Crippen LogP contribution in [0.3, 0.4) is 0 Å². The third-order valence-electron chi connectivity index (χ3n) is 1.92. The number of hydrogen-bond acceptors (Lipinski definition) is 1. The summed E-state index contributed by atoms with van der Waals surface area (Å²) in [6.45, 7) is 0.126. The number of nitrogens with one attached hydrogen (secondary N) is 1. The molecule has 1 aliphatic rings. The molecule has 5 heteroatoms. The molecule has 0 fully saturated rings. The molecule has 82 valence electrons. The number of carbonyl (C=O) groups excluding carboxylic acids is 1. The van der Waals surface area contributed by atoms with Crippen molar-refractivity contribution in [2.24, 2.45) is 0 Å². The van der Waals surface area contributed by atoms with Crippen LogP contribution in [0.25, 0.3) is 0 Å². The third-order valence-corrected chi connectivity index (χ3v) is 1.92. The predicted molar refractivity (Wildman–Crippen MR) is 50.0 cm³/mol. The highest BCUT2D eigenvalue weighted by Gasteiger charge is 2.17. The second kappa shape index (κ2) is 5.38. The lowest BCUT2D eigenvalue weighted by Gasteiger charge is -2.04. The summed E-state index contributed by atoms with van der Waals surface area (Å²) in [5.74, 6) is -0.901. The lowest BCUT2D eigenvalue weighted by Crippen LogP contribution is -2.14. The van der Waals surface area contributed by atoms with Crippen molar-refractivity contribution in [1.29, 1.82) is 0 Å². The number of rotatable bonds is 4. The van der Waals surface area contributed by atoms with Gasteiger partial charge in [0.25, 0.3) is 6.43 Å². The van der Waals surface area contributed by atoms with Gasteiger partial charge >= 0.3 is 0 Å². The number of carbonyl (C=O) groups is 1. The van der Waals surface area contributed by atoms with Gasteiger partial charge in [0, 0.05) is 6.54 Å². The fourth-order valence-corrected chi connectivity index (χ4v) is 1.21. The van der Waals surface area contributed by atoms with Crippen molar-refractivity contribution in [2.75, 3.05) is 6.54 Å². The van der Waals surface area contributed by atoms with Crippen LogP contribution >= 0.6 is 0 Å². The molecule has 0 radical (unpaired) electrons. The molecule has 0 aliphatic heterocycles. The van der Waals surface area contributed by atoms with E-state index in [1.165, 1.54) is 0 Å². The van der Waals surface area contributed by atoms with Crippen molar-refractivity contribution >= 4 is 6.41 Å². The summed E-state index contributed by atoms with van der Waals surface area (Å²) in [5.41, 5.74) is -0.159. The minimum Gasteiger partial charge on any atom is -0.355 e. The molecule has 2 nitrogen and oxygen atoms in total. The standard InChI is InChI=1S/C10H10F3NO/c11-9-3-1-2-7(5-14-6-15)4-8(9)10(12)13/h2-4,6,10H,1,5H2,(H,14,15). The fraction of sp³-hybridized carbons (Fsp3) is 0.300. The van der Waals surface area contributed by atoms with E-state index in [2.05, 4.69) is 5.32 Å². The van der Waals surface area contributed by atoms with Crippen molar-refractivity contribution in [3.05, 3.63) is 35.2 Å². The Bertz CT molecular complexity index is 332. The van der Waals surface area contributed by atoms with E-state index < -0.39 is 17.8 Å². The quantitative estimate of drug-likeness (QED) is 0.718. The van der Waals surface area contributed by atoms with E-state index in [4.69, 9.17) is 0 Å². The summed E-state index contributed by atoms with van der Waals surface area (Å²) in [5, 5.41) is 2.34. The molecule has 0 atom stereocenters. The van der Waals surface area contributed by atoms with Gasteiger partial charge in [0.2, 0.25) is 6.41 Å². The Kier molecular flexibility index (Phi) is 4.15. The summed E-state index contributed by atoms with van der Waals surface area (Å²) < 4.78 is 37.8. The predicted octanol–water partition coefficient (Wildman–Crippen LogP) is 2.11. The van der Waals surface area contributed by atoms with Crippen LogP contribution in [0.5, 0.6) is 0 Å². The third kappa shape index (κ3) is 3.27. The van der Waals surface area contributed by atoms with Crippen LogP contribution in [-0.4, -0.2) is 19.4 Å². The monoisotopic (exact) mass is 217 g/mol. The molecule has 1 rings (SSSR count). The maximum atomic E-state index is 13.0. The van der Waals surface area contributed by atoms with E-state index >= 15 is 0 Å². The van der Waals surface area contributed by atoms with Gasteiger partial charge in [0.05, 0.1) is 5.57 Å². The average Bonchev–Trinajstić information content (AvgIpc) is 2.37. The molecule has 0 aromatic carbocycles. The van der Waals surface area contributed by atoms with Gasteiger partial charge in [-0.3, -0.25) is 4.79 Å². The van der Waals surface area contributed by atoms with Gasteiger partial charge in [-0.25, -0.2) is 13.2 Å². The highest BCUT2D eigenvalue weighted by Crippen LogP contribution is 2.24. The molecule has 1 N–H and O–H groups in total. The zero-order valence-corrected chi connectivity index (χ0v) is 7.84. The minimum absolute atomic E-state index is 0.126. The minimum atomic E-state index is -2.85. The van der Waals surface area contributed by atoms with E-state index in [9.17, 15) is 18.0 Å². The van der Waals surface area contributed by atoms with E-state index in [0.717, 1.165) is 12.2 Å². The molecule has 0 saturated heterocycles. The highest BCUT2D eigenvalue weighted by atomic mass is 19.3. The van der Waals surface area contributed by atoms with Crippen molar-refractivity contribution < 1.29 is 18.0 Å². The second-order valence-electron chi connectivity index (χ2n) is 2.97. The number of amides is 1. The first-order chi connectivity index (χ1) is 7.15. The molecule has 15 heavy (non-hydrogen) atoms. The molecule has 0 bridgehead atoms. The summed E-state index contributed by atoms with van der Waals surface area (Å²) in [7, 11) is 0. The Labute approximate surface area is 85.2 Å². The molecule has 1 amide bonds. The van der Waals surface area contributed by atoms with Gasteiger partial charge in [-0.1, -0.05) is 6.08 Å². The SMILES string of the molecule is O=CNCC1=CCC=C(F)C(C(F)F)=C1. The van der Waals surface area contributed by atoms with Crippen molar-refractivity contribution in [2.45, 2.75) is 12.8 Å². The molecular formula is C10H10F3NO. The number of hydrogen-bond donors (Lipinski definition) is 1. The van der Waals surface area contributed by atoms with Crippen LogP contribution in [0.2, 0.25) is 0 Å². The Balaban J connectivity index is 2.84. The largest absolute Gasteiger partial charge is 0.355 e. The van der Waals surface area contributed by atoms with E-state index in [0.29, 0.717) is 12.0 Å². The molecule has 0 aromatic rings. The maximum absolute atomic E-state index is 13.0. The van der Waals surface area contributed by atoms with Crippen LogP contribution in [0.4, 0.5) is 13.2 Å². The van der Waals surface area contributed by atoms with E-state index in [1.807, 2.05) is 0 Å². The molecule has 0 heterocycles. The van der Waals surface area contributed by atoms with Gasteiger partial charge in [0.15, 0.2) is 0 Å². The first-order valence-corrected chi connectivity index (χ1v) is 4.37. The van der Waals surface area contributed by atoms with Crippen molar-refractivity contribution in [1.82, 2.24) is 5.32 Å². The summed E-state index contributed by atoms with van der Waals surface area (Å²) in [6.07, 6.45) is 1.61. The van der Waals surface area contributed by atoms with Gasteiger partial charge in [-0.05, 0) is 24.1 Å². The summed E-state index contributed by atoms with van der Waals surface area (Å²) in [4.78, 5) is 10.0. The zero-order chi connectivity index (χ0) is 11.3.